The Morgan fingerprint density at radius 1 is 1.12 bits per heavy atom. The molecule has 0 radical (unpaired) electrons. The Hall–Kier alpha value is -4.25. The van der Waals surface area contributed by atoms with E-state index in [9.17, 15) is 10.1 Å². The Morgan fingerprint density at radius 3 is 2.59 bits per heavy atom. The van der Waals surface area contributed by atoms with Gasteiger partial charge >= 0.3 is 0 Å². The van der Waals surface area contributed by atoms with Crippen LogP contribution in [0.3, 0.4) is 0 Å². The number of nitriles is 1. The number of ether oxygens (including phenoxy) is 3. The fourth-order valence-corrected chi connectivity index (χ4v) is 2.77. The molecule has 1 heterocycles. The summed E-state index contributed by atoms with van der Waals surface area (Å²) in [5.74, 6) is 2.08. The second kappa shape index (κ2) is 11.2. The maximum Gasteiger partial charge on any atom is 0.267 e. The van der Waals surface area contributed by atoms with Crippen molar-refractivity contribution in [2.45, 2.75) is 13.3 Å². The van der Waals surface area contributed by atoms with Crippen LogP contribution in [0.4, 0.5) is 5.82 Å². The van der Waals surface area contributed by atoms with Gasteiger partial charge in [0.15, 0.2) is 17.3 Å². The lowest BCUT2D eigenvalue weighted by atomic mass is 10.1. The Bertz CT molecular complexity index is 1120. The first-order valence-corrected chi connectivity index (χ1v) is 9.94. The van der Waals surface area contributed by atoms with E-state index in [1.807, 2.05) is 36.4 Å². The van der Waals surface area contributed by atoms with Crippen LogP contribution in [0.1, 0.15) is 17.7 Å². The fraction of sp³-hybridized carbons (Fsp3) is 0.208. The van der Waals surface area contributed by atoms with Crippen molar-refractivity contribution >= 4 is 17.8 Å². The van der Waals surface area contributed by atoms with Crippen molar-refractivity contribution in [1.82, 2.24) is 5.16 Å². The number of nitrogens with zero attached hydrogens (tertiary/aromatic N) is 2. The number of benzene rings is 2. The predicted molar refractivity (Wildman–Crippen MR) is 119 cm³/mol. The van der Waals surface area contributed by atoms with E-state index in [2.05, 4.69) is 10.5 Å². The monoisotopic (exact) mass is 433 g/mol. The zero-order valence-electron chi connectivity index (χ0n) is 17.8. The van der Waals surface area contributed by atoms with E-state index in [1.165, 1.54) is 13.2 Å². The molecule has 0 aliphatic heterocycles. The van der Waals surface area contributed by atoms with Gasteiger partial charge in [-0.3, -0.25) is 4.79 Å². The van der Waals surface area contributed by atoms with Crippen molar-refractivity contribution < 1.29 is 23.5 Å². The lowest BCUT2D eigenvalue weighted by Gasteiger charge is -2.12. The van der Waals surface area contributed by atoms with Crippen molar-refractivity contribution in [2.75, 3.05) is 25.6 Å². The van der Waals surface area contributed by atoms with Crippen LogP contribution in [0.25, 0.3) is 6.08 Å². The van der Waals surface area contributed by atoms with E-state index in [4.69, 9.17) is 18.7 Å². The van der Waals surface area contributed by atoms with Gasteiger partial charge < -0.3 is 24.1 Å². The van der Waals surface area contributed by atoms with Crippen molar-refractivity contribution in [1.29, 1.82) is 5.26 Å². The van der Waals surface area contributed by atoms with Gasteiger partial charge in [0.1, 0.15) is 23.2 Å². The third-order valence-corrected chi connectivity index (χ3v) is 4.29. The van der Waals surface area contributed by atoms with Gasteiger partial charge in [0.05, 0.1) is 20.3 Å². The van der Waals surface area contributed by atoms with Crippen LogP contribution in [0.2, 0.25) is 0 Å². The molecule has 3 rings (SSSR count). The van der Waals surface area contributed by atoms with Gasteiger partial charge in [-0.15, -0.1) is 0 Å². The Balaban J connectivity index is 1.58. The summed E-state index contributed by atoms with van der Waals surface area (Å²) in [4.78, 5) is 12.3. The van der Waals surface area contributed by atoms with Crippen molar-refractivity contribution in [3.63, 3.8) is 0 Å². The van der Waals surface area contributed by atoms with E-state index in [1.54, 1.807) is 31.2 Å². The van der Waals surface area contributed by atoms with E-state index >= 15 is 0 Å². The van der Waals surface area contributed by atoms with Gasteiger partial charge in [0.2, 0.25) is 0 Å². The number of aryl methyl sites for hydroxylation is 1. The van der Waals surface area contributed by atoms with Crippen LogP contribution in [-0.2, 0) is 4.79 Å². The van der Waals surface area contributed by atoms with Crippen molar-refractivity contribution in [2.24, 2.45) is 0 Å². The molecule has 1 amide bonds. The molecule has 1 aromatic heterocycles. The highest BCUT2D eigenvalue weighted by Crippen LogP contribution is 2.29. The molecule has 0 aliphatic rings. The SMILES string of the molecule is COc1cc(C=C(C#N)C(=O)Nc2cc(C)on2)ccc1OCCCOc1ccccc1. The predicted octanol–water partition coefficient (Wildman–Crippen LogP) is 4.39. The van der Waals surface area contributed by atoms with Gasteiger partial charge in [-0.1, -0.05) is 29.4 Å². The smallest absolute Gasteiger partial charge is 0.267 e. The quantitative estimate of drug-likeness (QED) is 0.287. The van der Waals surface area contributed by atoms with Crippen LogP contribution in [-0.4, -0.2) is 31.4 Å². The second-order valence-corrected chi connectivity index (χ2v) is 6.72. The molecule has 0 aliphatic carbocycles. The van der Waals surface area contributed by atoms with Crippen molar-refractivity contribution in [3.8, 4) is 23.3 Å². The molecule has 0 saturated heterocycles. The van der Waals surface area contributed by atoms with Gasteiger partial charge in [-0.05, 0) is 42.8 Å². The average Bonchev–Trinajstić information content (AvgIpc) is 3.22. The summed E-state index contributed by atoms with van der Waals surface area (Å²) in [6.07, 6.45) is 2.16. The number of carbonyl (C=O) groups excluding carboxylic acids is 1. The largest absolute Gasteiger partial charge is 0.493 e. The summed E-state index contributed by atoms with van der Waals surface area (Å²) in [6.45, 7) is 2.68. The van der Waals surface area contributed by atoms with E-state index < -0.39 is 5.91 Å². The fourth-order valence-electron chi connectivity index (χ4n) is 2.77. The number of anilines is 1. The summed E-state index contributed by atoms with van der Waals surface area (Å²) in [5.41, 5.74) is 0.532. The lowest BCUT2D eigenvalue weighted by molar-refractivity contribution is -0.112. The van der Waals surface area contributed by atoms with Gasteiger partial charge in [0.25, 0.3) is 5.91 Å². The summed E-state index contributed by atoms with van der Waals surface area (Å²) < 4.78 is 21.7. The molecule has 3 aromatic rings. The van der Waals surface area contributed by atoms with Crippen LogP contribution < -0.4 is 19.5 Å². The highest BCUT2D eigenvalue weighted by atomic mass is 16.5. The van der Waals surface area contributed by atoms with Gasteiger partial charge in [0, 0.05) is 12.5 Å². The number of amides is 1. The number of para-hydroxylation sites is 1. The Morgan fingerprint density at radius 2 is 1.91 bits per heavy atom. The minimum absolute atomic E-state index is 0.0839. The van der Waals surface area contributed by atoms with Crippen LogP contribution in [0.15, 0.2) is 64.7 Å². The highest BCUT2D eigenvalue weighted by molar-refractivity contribution is 6.09. The number of rotatable bonds is 10. The van der Waals surface area contributed by atoms with E-state index in [0.29, 0.717) is 42.5 Å². The van der Waals surface area contributed by atoms with Crippen molar-refractivity contribution in [3.05, 3.63) is 71.5 Å². The van der Waals surface area contributed by atoms with Crippen LogP contribution >= 0.6 is 0 Å². The highest BCUT2D eigenvalue weighted by Gasteiger charge is 2.13. The summed E-state index contributed by atoms with van der Waals surface area (Å²) >= 11 is 0. The number of carbonyl (C=O) groups is 1. The first-order chi connectivity index (χ1) is 15.6. The molecule has 2 aromatic carbocycles. The average molecular weight is 433 g/mol. The molecule has 8 heteroatoms. The molecule has 8 nitrogen and oxygen atoms in total. The number of aromatic nitrogens is 1. The number of nitrogens with one attached hydrogen (secondary N) is 1. The lowest BCUT2D eigenvalue weighted by Crippen LogP contribution is -2.13. The number of hydrogen-bond acceptors (Lipinski definition) is 7. The second-order valence-electron chi connectivity index (χ2n) is 6.72. The first-order valence-electron chi connectivity index (χ1n) is 9.94. The minimum Gasteiger partial charge on any atom is -0.493 e. The molecule has 32 heavy (non-hydrogen) atoms. The van der Waals surface area contributed by atoms with Crippen LogP contribution in [0.5, 0.6) is 17.2 Å². The molecule has 0 bridgehead atoms. The molecular weight excluding hydrogens is 410 g/mol. The Kier molecular flexibility index (Phi) is 7.87. The molecular formula is C24H23N3O5. The van der Waals surface area contributed by atoms with E-state index in [0.717, 1.165) is 5.75 Å². The van der Waals surface area contributed by atoms with Crippen LogP contribution in [0, 0.1) is 18.3 Å². The third kappa shape index (κ3) is 6.37. The van der Waals surface area contributed by atoms with E-state index in [-0.39, 0.29) is 11.4 Å². The summed E-state index contributed by atoms with van der Waals surface area (Å²) in [5, 5.41) is 15.6. The number of methoxy groups -OCH3 is 1. The normalized spacial score (nSPS) is 10.8. The third-order valence-electron chi connectivity index (χ3n) is 4.29. The molecule has 0 saturated carbocycles. The zero-order chi connectivity index (χ0) is 22.8. The Labute approximate surface area is 186 Å². The summed E-state index contributed by atoms with van der Waals surface area (Å²) in [7, 11) is 1.53. The number of hydrogen-bond donors (Lipinski definition) is 1. The molecule has 0 unspecified atom stereocenters. The zero-order valence-corrected chi connectivity index (χ0v) is 17.8. The maximum atomic E-state index is 12.3. The first kappa shape index (κ1) is 22.4. The molecule has 0 spiro atoms. The van der Waals surface area contributed by atoms with Gasteiger partial charge in [-0.2, -0.15) is 5.26 Å². The molecule has 164 valence electrons. The molecule has 0 atom stereocenters. The molecule has 1 N–H and O–H groups in total. The minimum atomic E-state index is -0.585. The summed E-state index contributed by atoms with van der Waals surface area (Å²) in [6, 6.07) is 18.2. The topological polar surface area (TPSA) is 107 Å². The molecule has 0 fully saturated rings. The standard InChI is InChI=1S/C24H23N3O5/c1-17-13-23(27-32-17)26-24(28)19(16-25)14-18-9-10-21(22(15-18)29-2)31-12-6-11-30-20-7-4-3-5-8-20/h3-5,7-10,13-15H,6,11-12H2,1-2H3,(H,26,27,28). The van der Waals surface area contributed by atoms with Gasteiger partial charge in [-0.25, -0.2) is 0 Å². The maximum absolute atomic E-state index is 12.3.